The average Bonchev–Trinajstić information content (AvgIpc) is 2.54. The lowest BCUT2D eigenvalue weighted by Gasteiger charge is -1.96. The van der Waals surface area contributed by atoms with Crippen molar-refractivity contribution in [3.63, 3.8) is 0 Å². The Kier molecular flexibility index (Phi) is 2.29. The number of hydrogen-bond acceptors (Lipinski definition) is 2. The Morgan fingerprint density at radius 2 is 2.27 bits per heavy atom. The summed E-state index contributed by atoms with van der Waals surface area (Å²) in [5.74, 6) is 0.643. The van der Waals surface area contributed by atoms with E-state index in [-0.39, 0.29) is 0 Å². The number of nitrogens with zero attached hydrogens (tertiary/aromatic N) is 1. The van der Waals surface area contributed by atoms with Gasteiger partial charge in [0.05, 0.1) is 4.91 Å². The maximum Gasteiger partial charge on any atom is 0.106 e. The number of allylic oxidation sites excluding steroid dienone is 2. The van der Waals surface area contributed by atoms with Crippen LogP contribution in [0.4, 0.5) is 0 Å². The van der Waals surface area contributed by atoms with Crippen LogP contribution < -0.4 is 0 Å². The van der Waals surface area contributed by atoms with Crippen LogP contribution in [0, 0.1) is 22.7 Å². The van der Waals surface area contributed by atoms with E-state index in [0.717, 1.165) is 4.91 Å². The van der Waals surface area contributed by atoms with Gasteiger partial charge in [-0.25, -0.2) is 0 Å². The van der Waals surface area contributed by atoms with E-state index in [2.05, 4.69) is 26.0 Å². The molecule has 1 nitrogen and oxygen atoms in total. The lowest BCUT2D eigenvalue weighted by Crippen LogP contribution is -1.86. The molecule has 0 heterocycles. The van der Waals surface area contributed by atoms with Gasteiger partial charge >= 0.3 is 0 Å². The van der Waals surface area contributed by atoms with Gasteiger partial charge < -0.3 is 0 Å². The standard InChI is InChI=1S/C9H13NS/c1-9(2)5-7(9)4-8(6-10)11-3/h4,7H,5H2,1-3H3/b8-4+. The SMILES string of the molecule is CS/C(C#N)=C/C1CC1(C)C. The van der Waals surface area contributed by atoms with Gasteiger partial charge in [0.1, 0.15) is 6.07 Å². The fourth-order valence-corrected chi connectivity index (χ4v) is 1.52. The second-order valence-electron chi connectivity index (χ2n) is 3.65. The fourth-order valence-electron chi connectivity index (χ4n) is 1.13. The van der Waals surface area contributed by atoms with Gasteiger partial charge in [0.25, 0.3) is 0 Å². The Hall–Kier alpha value is -0.420. The van der Waals surface area contributed by atoms with Crippen molar-refractivity contribution in [2.75, 3.05) is 6.26 Å². The Balaban J connectivity index is 2.55. The summed E-state index contributed by atoms with van der Waals surface area (Å²) in [5.41, 5.74) is 0.456. The molecule has 0 saturated heterocycles. The van der Waals surface area contributed by atoms with E-state index in [4.69, 9.17) is 5.26 Å². The smallest absolute Gasteiger partial charge is 0.106 e. The Morgan fingerprint density at radius 1 is 1.73 bits per heavy atom. The lowest BCUT2D eigenvalue weighted by molar-refractivity contribution is 0.610. The molecule has 2 heteroatoms. The summed E-state index contributed by atoms with van der Waals surface area (Å²) < 4.78 is 0. The largest absolute Gasteiger partial charge is 0.192 e. The first-order chi connectivity index (χ1) is 5.10. The van der Waals surface area contributed by atoms with Crippen LogP contribution in [0.1, 0.15) is 20.3 Å². The highest BCUT2D eigenvalue weighted by molar-refractivity contribution is 8.02. The van der Waals surface area contributed by atoms with Gasteiger partial charge in [-0.05, 0) is 24.0 Å². The number of nitriles is 1. The molecule has 1 rings (SSSR count). The first-order valence-corrected chi connectivity index (χ1v) is 4.98. The van der Waals surface area contributed by atoms with E-state index >= 15 is 0 Å². The van der Waals surface area contributed by atoms with Crippen molar-refractivity contribution in [3.8, 4) is 6.07 Å². The van der Waals surface area contributed by atoms with Crippen LogP contribution in [0.3, 0.4) is 0 Å². The number of thioether (sulfide) groups is 1. The predicted octanol–water partition coefficient (Wildman–Crippen LogP) is 2.80. The summed E-state index contributed by atoms with van der Waals surface area (Å²) in [4.78, 5) is 0.862. The van der Waals surface area contributed by atoms with Gasteiger partial charge in [-0.15, -0.1) is 11.8 Å². The minimum Gasteiger partial charge on any atom is -0.192 e. The minimum absolute atomic E-state index is 0.456. The minimum atomic E-state index is 0.456. The molecule has 1 aliphatic carbocycles. The van der Waals surface area contributed by atoms with Gasteiger partial charge in [-0.1, -0.05) is 19.9 Å². The molecular formula is C9H13NS. The summed E-state index contributed by atoms with van der Waals surface area (Å²) in [5, 5.41) is 8.63. The van der Waals surface area contributed by atoms with Gasteiger partial charge in [0.2, 0.25) is 0 Å². The third-order valence-electron chi connectivity index (χ3n) is 2.27. The molecule has 0 spiro atoms. The van der Waals surface area contributed by atoms with E-state index in [1.807, 2.05) is 6.26 Å². The van der Waals surface area contributed by atoms with E-state index in [0.29, 0.717) is 11.3 Å². The Morgan fingerprint density at radius 3 is 2.55 bits per heavy atom. The molecule has 60 valence electrons. The van der Waals surface area contributed by atoms with Crippen molar-refractivity contribution in [2.24, 2.45) is 11.3 Å². The molecule has 0 aliphatic heterocycles. The molecule has 0 aromatic rings. The zero-order valence-corrected chi connectivity index (χ0v) is 8.03. The average molecular weight is 167 g/mol. The molecule has 1 fully saturated rings. The van der Waals surface area contributed by atoms with Crippen molar-refractivity contribution in [1.82, 2.24) is 0 Å². The summed E-state index contributed by atoms with van der Waals surface area (Å²) in [7, 11) is 0. The van der Waals surface area contributed by atoms with Crippen molar-refractivity contribution < 1.29 is 0 Å². The van der Waals surface area contributed by atoms with Crippen molar-refractivity contribution >= 4 is 11.8 Å². The highest BCUT2D eigenvalue weighted by atomic mass is 32.2. The van der Waals surface area contributed by atoms with Crippen molar-refractivity contribution in [1.29, 1.82) is 5.26 Å². The Bertz CT molecular complexity index is 222. The first-order valence-electron chi connectivity index (χ1n) is 3.76. The van der Waals surface area contributed by atoms with E-state index in [9.17, 15) is 0 Å². The third-order valence-corrected chi connectivity index (χ3v) is 2.94. The van der Waals surface area contributed by atoms with Crippen LogP contribution >= 0.6 is 11.8 Å². The van der Waals surface area contributed by atoms with Crippen LogP contribution in [0.5, 0.6) is 0 Å². The lowest BCUT2D eigenvalue weighted by atomic mass is 10.1. The first kappa shape index (κ1) is 8.67. The van der Waals surface area contributed by atoms with E-state index in [1.54, 1.807) is 0 Å². The second kappa shape index (κ2) is 2.91. The normalized spacial score (nSPS) is 27.8. The molecule has 0 radical (unpaired) electrons. The van der Waals surface area contributed by atoms with Crippen LogP contribution in [-0.4, -0.2) is 6.26 Å². The Labute approximate surface area is 72.5 Å². The van der Waals surface area contributed by atoms with E-state index < -0.39 is 0 Å². The second-order valence-corrected chi connectivity index (χ2v) is 4.49. The van der Waals surface area contributed by atoms with Gasteiger partial charge in [0, 0.05) is 0 Å². The van der Waals surface area contributed by atoms with Gasteiger partial charge in [-0.2, -0.15) is 5.26 Å². The summed E-state index contributed by atoms with van der Waals surface area (Å²) in [6.07, 6.45) is 5.29. The maximum absolute atomic E-state index is 8.63. The molecule has 0 bridgehead atoms. The molecule has 0 N–H and O–H groups in total. The molecule has 1 unspecified atom stereocenters. The molecular weight excluding hydrogens is 154 g/mol. The van der Waals surface area contributed by atoms with Gasteiger partial charge in [-0.3, -0.25) is 0 Å². The summed E-state index contributed by atoms with van der Waals surface area (Å²) >= 11 is 1.54. The number of hydrogen-bond donors (Lipinski definition) is 0. The van der Waals surface area contributed by atoms with Crippen molar-refractivity contribution in [2.45, 2.75) is 20.3 Å². The van der Waals surface area contributed by atoms with E-state index in [1.165, 1.54) is 18.2 Å². The number of rotatable bonds is 2. The topological polar surface area (TPSA) is 23.8 Å². The third kappa shape index (κ3) is 2.00. The molecule has 11 heavy (non-hydrogen) atoms. The molecule has 0 aromatic heterocycles. The fraction of sp³-hybridized carbons (Fsp3) is 0.667. The zero-order valence-electron chi connectivity index (χ0n) is 7.22. The maximum atomic E-state index is 8.63. The molecule has 1 aliphatic rings. The molecule has 0 amide bonds. The molecule has 0 aromatic carbocycles. The summed E-state index contributed by atoms with van der Waals surface area (Å²) in [6, 6.07) is 2.18. The van der Waals surface area contributed by atoms with Gasteiger partial charge in [0.15, 0.2) is 0 Å². The quantitative estimate of drug-likeness (QED) is 0.590. The van der Waals surface area contributed by atoms with Crippen LogP contribution in [0.2, 0.25) is 0 Å². The zero-order chi connectivity index (χ0) is 8.48. The van der Waals surface area contributed by atoms with Crippen LogP contribution in [0.15, 0.2) is 11.0 Å². The molecule has 1 saturated carbocycles. The molecule has 1 atom stereocenters. The highest BCUT2D eigenvalue weighted by Gasteiger charge is 2.43. The monoisotopic (exact) mass is 167 g/mol. The van der Waals surface area contributed by atoms with Crippen LogP contribution in [-0.2, 0) is 0 Å². The highest BCUT2D eigenvalue weighted by Crippen LogP contribution is 2.53. The summed E-state index contributed by atoms with van der Waals surface area (Å²) in [6.45, 7) is 4.48. The predicted molar refractivity (Wildman–Crippen MR) is 49.1 cm³/mol. The van der Waals surface area contributed by atoms with Crippen molar-refractivity contribution in [3.05, 3.63) is 11.0 Å². The van der Waals surface area contributed by atoms with Crippen LogP contribution in [0.25, 0.3) is 0 Å².